The normalized spacial score (nSPS) is 22.2. The zero-order valence-electron chi connectivity index (χ0n) is 16.8. The van der Waals surface area contributed by atoms with E-state index in [-0.39, 0.29) is 6.54 Å². The molecule has 0 aromatic carbocycles. The van der Waals surface area contributed by atoms with Gasteiger partial charge in [-0.3, -0.25) is 0 Å². The number of rotatable bonds is 7. The van der Waals surface area contributed by atoms with Gasteiger partial charge in [-0.25, -0.2) is 4.99 Å². The third kappa shape index (κ3) is 5.72. The van der Waals surface area contributed by atoms with E-state index < -0.39 is 5.60 Å². The fraction of sp³-hybridized carbons (Fsp3) is 0.762. The van der Waals surface area contributed by atoms with E-state index >= 15 is 0 Å². The van der Waals surface area contributed by atoms with Crippen LogP contribution < -0.4 is 5.32 Å². The highest BCUT2D eigenvalue weighted by atomic mass is 16.5. The standard InChI is InChI=1S/C21H35N3O3/c1-3-22-20(23-16-21(2,25)19-9-6-14-26-19)24-12-10-18(11-13-24)27-15-17-7-4-5-8-17/h6,9,14,17-18,25H,3-5,7-8,10-13,15-16H2,1-2H3,(H,22,23). The van der Waals surface area contributed by atoms with Crippen LogP contribution >= 0.6 is 0 Å². The summed E-state index contributed by atoms with van der Waals surface area (Å²) < 4.78 is 11.5. The molecule has 2 fully saturated rings. The summed E-state index contributed by atoms with van der Waals surface area (Å²) >= 11 is 0. The summed E-state index contributed by atoms with van der Waals surface area (Å²) in [6.07, 6.45) is 9.44. The van der Waals surface area contributed by atoms with Crippen molar-refractivity contribution < 1.29 is 14.3 Å². The summed E-state index contributed by atoms with van der Waals surface area (Å²) in [5, 5.41) is 14.0. The molecular weight excluding hydrogens is 342 g/mol. The Morgan fingerprint density at radius 3 is 2.70 bits per heavy atom. The number of likely N-dealkylation sites (tertiary alicyclic amines) is 1. The number of furan rings is 1. The molecule has 6 heteroatoms. The Morgan fingerprint density at radius 1 is 1.33 bits per heavy atom. The van der Waals surface area contributed by atoms with Crippen LogP contribution in [0.4, 0.5) is 0 Å². The Balaban J connectivity index is 1.50. The number of aliphatic hydroxyl groups is 1. The van der Waals surface area contributed by atoms with Gasteiger partial charge in [-0.1, -0.05) is 12.8 Å². The molecule has 1 aromatic heterocycles. The highest BCUT2D eigenvalue weighted by Crippen LogP contribution is 2.26. The molecule has 1 aliphatic carbocycles. The zero-order chi connectivity index (χ0) is 19.1. The molecule has 2 N–H and O–H groups in total. The number of guanidine groups is 1. The molecule has 1 aliphatic heterocycles. The minimum atomic E-state index is -1.10. The van der Waals surface area contributed by atoms with Crippen LogP contribution in [0.15, 0.2) is 27.8 Å². The monoisotopic (exact) mass is 377 g/mol. The van der Waals surface area contributed by atoms with Crippen molar-refractivity contribution in [3.8, 4) is 0 Å². The van der Waals surface area contributed by atoms with Crippen molar-refractivity contribution in [2.24, 2.45) is 10.9 Å². The molecule has 0 bridgehead atoms. The summed E-state index contributed by atoms with van der Waals surface area (Å²) in [4.78, 5) is 6.95. The lowest BCUT2D eigenvalue weighted by atomic mass is 10.0. The summed E-state index contributed by atoms with van der Waals surface area (Å²) in [5.41, 5.74) is -1.10. The third-order valence-electron chi connectivity index (χ3n) is 5.71. The van der Waals surface area contributed by atoms with Gasteiger partial charge in [-0.2, -0.15) is 0 Å². The predicted octanol–water partition coefficient (Wildman–Crippen LogP) is 3.12. The van der Waals surface area contributed by atoms with Gasteiger partial charge in [0.15, 0.2) is 5.96 Å². The topological polar surface area (TPSA) is 70.2 Å². The smallest absolute Gasteiger partial charge is 0.194 e. The Bertz CT molecular complexity index is 572. The van der Waals surface area contributed by atoms with Gasteiger partial charge in [0.1, 0.15) is 11.4 Å². The molecule has 0 spiro atoms. The van der Waals surface area contributed by atoms with E-state index in [9.17, 15) is 5.11 Å². The van der Waals surface area contributed by atoms with Crippen molar-refractivity contribution in [2.45, 2.75) is 64.1 Å². The zero-order valence-corrected chi connectivity index (χ0v) is 16.8. The van der Waals surface area contributed by atoms with Gasteiger partial charge in [-0.05, 0) is 57.6 Å². The van der Waals surface area contributed by atoms with Crippen LogP contribution in [0.1, 0.15) is 58.1 Å². The van der Waals surface area contributed by atoms with Crippen molar-refractivity contribution in [3.63, 3.8) is 0 Å². The van der Waals surface area contributed by atoms with Crippen LogP contribution in [0.3, 0.4) is 0 Å². The number of nitrogens with one attached hydrogen (secondary N) is 1. The van der Waals surface area contributed by atoms with Gasteiger partial charge in [0.25, 0.3) is 0 Å². The van der Waals surface area contributed by atoms with E-state index in [4.69, 9.17) is 9.15 Å². The molecule has 3 rings (SSSR count). The van der Waals surface area contributed by atoms with Crippen LogP contribution in [-0.2, 0) is 10.3 Å². The van der Waals surface area contributed by atoms with Crippen LogP contribution in [0.25, 0.3) is 0 Å². The quantitative estimate of drug-likeness (QED) is 0.564. The second kappa shape index (κ2) is 9.60. The summed E-state index contributed by atoms with van der Waals surface area (Å²) in [7, 11) is 0. The Kier molecular flexibility index (Phi) is 7.19. The molecule has 0 amide bonds. The van der Waals surface area contributed by atoms with E-state index in [2.05, 4.69) is 22.1 Å². The van der Waals surface area contributed by atoms with E-state index in [1.165, 1.54) is 25.7 Å². The van der Waals surface area contributed by atoms with Crippen molar-refractivity contribution in [1.29, 1.82) is 0 Å². The summed E-state index contributed by atoms with van der Waals surface area (Å²) in [5.74, 6) is 2.19. The summed E-state index contributed by atoms with van der Waals surface area (Å²) in [6, 6.07) is 3.57. The first-order valence-electron chi connectivity index (χ1n) is 10.5. The van der Waals surface area contributed by atoms with Crippen molar-refractivity contribution in [2.75, 3.05) is 32.8 Å². The van der Waals surface area contributed by atoms with E-state index in [1.54, 1.807) is 25.3 Å². The van der Waals surface area contributed by atoms with E-state index in [0.29, 0.717) is 11.9 Å². The van der Waals surface area contributed by atoms with Gasteiger partial charge in [0, 0.05) is 26.2 Å². The number of ether oxygens (including phenoxy) is 1. The lowest BCUT2D eigenvalue weighted by molar-refractivity contribution is 0.000788. The number of nitrogens with zero attached hydrogens (tertiary/aromatic N) is 2. The first-order valence-corrected chi connectivity index (χ1v) is 10.5. The predicted molar refractivity (Wildman–Crippen MR) is 107 cm³/mol. The Hall–Kier alpha value is -1.53. The van der Waals surface area contributed by atoms with Crippen molar-refractivity contribution in [1.82, 2.24) is 10.2 Å². The fourth-order valence-electron chi connectivity index (χ4n) is 4.00. The van der Waals surface area contributed by atoms with Crippen molar-refractivity contribution in [3.05, 3.63) is 24.2 Å². The molecule has 152 valence electrons. The largest absolute Gasteiger partial charge is 0.466 e. The average Bonchev–Trinajstić information content (AvgIpc) is 3.38. The van der Waals surface area contributed by atoms with Crippen LogP contribution in [0, 0.1) is 5.92 Å². The molecule has 1 aromatic rings. The Morgan fingerprint density at radius 2 is 2.07 bits per heavy atom. The minimum absolute atomic E-state index is 0.265. The molecule has 1 atom stereocenters. The number of hydrogen-bond donors (Lipinski definition) is 2. The lowest BCUT2D eigenvalue weighted by Crippen LogP contribution is -2.47. The third-order valence-corrected chi connectivity index (χ3v) is 5.71. The van der Waals surface area contributed by atoms with Crippen LogP contribution in [-0.4, -0.2) is 54.9 Å². The minimum Gasteiger partial charge on any atom is -0.466 e. The maximum atomic E-state index is 10.6. The first kappa shape index (κ1) is 20.2. The van der Waals surface area contributed by atoms with Crippen LogP contribution in [0.2, 0.25) is 0 Å². The molecule has 1 saturated heterocycles. The van der Waals surface area contributed by atoms with E-state index in [0.717, 1.165) is 51.0 Å². The second-order valence-corrected chi connectivity index (χ2v) is 8.09. The van der Waals surface area contributed by atoms with E-state index in [1.807, 2.05) is 0 Å². The Labute approximate surface area is 163 Å². The van der Waals surface area contributed by atoms with Gasteiger partial charge in [0.05, 0.1) is 18.9 Å². The SMILES string of the molecule is CCNC(=NCC(C)(O)c1ccco1)N1CCC(OCC2CCCC2)CC1. The van der Waals surface area contributed by atoms with Gasteiger partial charge in [-0.15, -0.1) is 0 Å². The first-order chi connectivity index (χ1) is 13.1. The fourth-order valence-corrected chi connectivity index (χ4v) is 4.00. The van der Waals surface area contributed by atoms with Gasteiger partial charge in [0.2, 0.25) is 0 Å². The number of piperidine rings is 1. The maximum Gasteiger partial charge on any atom is 0.194 e. The van der Waals surface area contributed by atoms with Crippen LogP contribution in [0.5, 0.6) is 0 Å². The molecule has 0 radical (unpaired) electrons. The molecule has 27 heavy (non-hydrogen) atoms. The summed E-state index contributed by atoms with van der Waals surface area (Å²) in [6.45, 7) is 7.68. The number of aliphatic imine (C=N–C) groups is 1. The highest BCUT2D eigenvalue weighted by molar-refractivity contribution is 5.80. The van der Waals surface area contributed by atoms with Crippen molar-refractivity contribution >= 4 is 5.96 Å². The molecule has 6 nitrogen and oxygen atoms in total. The second-order valence-electron chi connectivity index (χ2n) is 8.09. The maximum absolute atomic E-state index is 10.6. The number of hydrogen-bond acceptors (Lipinski definition) is 4. The lowest BCUT2D eigenvalue weighted by Gasteiger charge is -2.35. The molecule has 2 aliphatic rings. The van der Waals surface area contributed by atoms with Gasteiger partial charge >= 0.3 is 0 Å². The molecular formula is C21H35N3O3. The molecule has 1 unspecified atom stereocenters. The molecule has 2 heterocycles. The van der Waals surface area contributed by atoms with Gasteiger partial charge < -0.3 is 24.5 Å². The molecule has 1 saturated carbocycles. The average molecular weight is 378 g/mol. The highest BCUT2D eigenvalue weighted by Gasteiger charge is 2.28.